The fourth-order valence-electron chi connectivity index (χ4n) is 2.57. The Labute approximate surface area is 187 Å². The van der Waals surface area contributed by atoms with Crippen LogP contribution in [0.25, 0.3) is 0 Å². The lowest BCUT2D eigenvalue weighted by atomic mass is 10.2. The minimum Gasteiger partial charge on any atom is -0.368 e. The fraction of sp³-hybridized carbons (Fsp3) is 0.100. The Morgan fingerprint density at radius 1 is 1.15 bits per heavy atom. The fourth-order valence-corrected chi connectivity index (χ4v) is 3.64. The van der Waals surface area contributed by atoms with Crippen molar-refractivity contribution in [3.63, 3.8) is 0 Å². The van der Waals surface area contributed by atoms with E-state index in [1.54, 1.807) is 0 Å². The highest BCUT2D eigenvalue weighted by Gasteiger charge is 2.23. The highest BCUT2D eigenvalue weighted by molar-refractivity contribution is 7.90. The third kappa shape index (κ3) is 5.03. The van der Waals surface area contributed by atoms with Gasteiger partial charge in [0.15, 0.2) is 0 Å². The summed E-state index contributed by atoms with van der Waals surface area (Å²) in [5.41, 5.74) is 5.12. The summed E-state index contributed by atoms with van der Waals surface area (Å²) in [6.07, 6.45) is 1.31. The Kier molecular flexibility index (Phi) is 6.53. The summed E-state index contributed by atoms with van der Waals surface area (Å²) < 4.78 is 54.9. The molecule has 0 aliphatic heterocycles. The van der Waals surface area contributed by atoms with Gasteiger partial charge in [0.2, 0.25) is 17.8 Å². The number of sulfonamides is 1. The van der Waals surface area contributed by atoms with Crippen LogP contribution in [-0.2, 0) is 14.8 Å². The smallest absolute Gasteiger partial charge is 0.287 e. The number of nitrogens with two attached hydrogens (primary N) is 1. The van der Waals surface area contributed by atoms with Gasteiger partial charge < -0.3 is 11.1 Å². The number of hydrogen-bond donors (Lipinski definition) is 3. The van der Waals surface area contributed by atoms with E-state index in [1.807, 2.05) is 4.72 Å². The number of nitrogens with zero attached hydrogens (tertiary/aromatic N) is 3. The van der Waals surface area contributed by atoms with Crippen molar-refractivity contribution in [3.8, 4) is 0 Å². The number of halogens is 2. The van der Waals surface area contributed by atoms with Crippen molar-refractivity contribution in [2.24, 2.45) is 5.92 Å². The van der Waals surface area contributed by atoms with E-state index in [0.717, 1.165) is 18.2 Å². The second-order valence-corrected chi connectivity index (χ2v) is 8.43. The van der Waals surface area contributed by atoms with Gasteiger partial charge in [0.05, 0.1) is 10.8 Å². The maximum Gasteiger partial charge on any atom is 0.287 e. The van der Waals surface area contributed by atoms with Gasteiger partial charge in [-0.3, -0.25) is 9.59 Å². The minimum atomic E-state index is -4.10. The van der Waals surface area contributed by atoms with Crippen LogP contribution in [0, 0.1) is 17.6 Å². The Morgan fingerprint density at radius 2 is 1.76 bits per heavy atom. The van der Waals surface area contributed by atoms with Crippen molar-refractivity contribution in [2.45, 2.75) is 11.8 Å². The SMILES string of the molecule is C=C[C@H](C)C(=O)NS(=O)(=O)c1ccc(Nc2nc(N)n(C(=O)c3c(F)cccc3F)n2)cc1. The average molecular weight is 476 g/mol. The van der Waals surface area contributed by atoms with E-state index < -0.39 is 50.9 Å². The van der Waals surface area contributed by atoms with Crippen molar-refractivity contribution in [3.05, 3.63) is 72.3 Å². The van der Waals surface area contributed by atoms with Crippen LogP contribution in [0.1, 0.15) is 17.3 Å². The zero-order valence-corrected chi connectivity index (χ0v) is 17.9. The molecule has 0 aliphatic rings. The molecule has 0 saturated heterocycles. The van der Waals surface area contributed by atoms with Crippen LogP contribution in [0.3, 0.4) is 0 Å². The quantitative estimate of drug-likeness (QED) is 0.440. The van der Waals surface area contributed by atoms with Gasteiger partial charge in [-0.2, -0.15) is 9.67 Å². The summed E-state index contributed by atoms with van der Waals surface area (Å²) in [4.78, 5) is 27.9. The van der Waals surface area contributed by atoms with Gasteiger partial charge in [-0.15, -0.1) is 11.7 Å². The minimum absolute atomic E-state index is 0.179. The first-order valence-corrected chi connectivity index (χ1v) is 10.8. The molecule has 13 heteroatoms. The molecule has 2 aromatic carbocycles. The van der Waals surface area contributed by atoms with E-state index in [2.05, 4.69) is 22.0 Å². The summed E-state index contributed by atoms with van der Waals surface area (Å²) in [6.45, 7) is 4.93. The first-order chi connectivity index (χ1) is 15.5. The summed E-state index contributed by atoms with van der Waals surface area (Å²) in [6, 6.07) is 8.08. The lowest BCUT2D eigenvalue weighted by Gasteiger charge is -2.10. The van der Waals surface area contributed by atoms with Crippen molar-refractivity contribution < 1.29 is 26.8 Å². The Morgan fingerprint density at radius 3 is 2.33 bits per heavy atom. The molecule has 0 bridgehead atoms. The molecule has 0 fully saturated rings. The average Bonchev–Trinajstić information content (AvgIpc) is 3.12. The number of benzene rings is 2. The number of hydrogen-bond acceptors (Lipinski definition) is 8. The highest BCUT2D eigenvalue weighted by atomic mass is 32.2. The second-order valence-electron chi connectivity index (χ2n) is 6.75. The normalized spacial score (nSPS) is 12.1. The molecule has 0 radical (unpaired) electrons. The van der Waals surface area contributed by atoms with Gasteiger partial charge in [0, 0.05) is 5.69 Å². The van der Waals surface area contributed by atoms with Crippen molar-refractivity contribution in [1.82, 2.24) is 19.5 Å². The molecule has 172 valence electrons. The highest BCUT2D eigenvalue weighted by Crippen LogP contribution is 2.20. The molecule has 1 heterocycles. The van der Waals surface area contributed by atoms with Crippen LogP contribution in [0.2, 0.25) is 0 Å². The molecule has 3 aromatic rings. The van der Waals surface area contributed by atoms with Crippen LogP contribution in [0.4, 0.5) is 26.4 Å². The summed E-state index contributed by atoms with van der Waals surface area (Å²) >= 11 is 0. The summed E-state index contributed by atoms with van der Waals surface area (Å²) in [7, 11) is -4.10. The first kappa shape index (κ1) is 23.5. The lowest BCUT2D eigenvalue weighted by molar-refractivity contribution is -0.121. The lowest BCUT2D eigenvalue weighted by Crippen LogP contribution is -2.33. The number of nitrogens with one attached hydrogen (secondary N) is 2. The van der Waals surface area contributed by atoms with Crippen molar-refractivity contribution >= 4 is 39.4 Å². The van der Waals surface area contributed by atoms with Gasteiger partial charge in [-0.1, -0.05) is 19.1 Å². The Hall–Kier alpha value is -4.13. The summed E-state index contributed by atoms with van der Waals surface area (Å²) in [5, 5.41) is 6.49. The number of anilines is 3. The van der Waals surface area contributed by atoms with E-state index in [-0.39, 0.29) is 10.8 Å². The van der Waals surface area contributed by atoms with Gasteiger partial charge >= 0.3 is 0 Å². The summed E-state index contributed by atoms with van der Waals surface area (Å²) in [5.74, 6) is -5.37. The molecule has 3 rings (SSSR count). The zero-order chi connectivity index (χ0) is 24.3. The number of nitrogen functional groups attached to an aromatic ring is 1. The molecule has 1 atom stereocenters. The molecule has 33 heavy (non-hydrogen) atoms. The molecule has 0 saturated carbocycles. The predicted octanol–water partition coefficient (Wildman–Crippen LogP) is 2.20. The van der Waals surface area contributed by atoms with Gasteiger partial charge in [0.25, 0.3) is 15.9 Å². The van der Waals surface area contributed by atoms with Gasteiger partial charge in [-0.05, 0) is 36.4 Å². The number of carbonyl (C=O) groups is 2. The number of rotatable bonds is 7. The molecule has 0 spiro atoms. The molecular formula is C20H18F2N6O4S. The zero-order valence-electron chi connectivity index (χ0n) is 17.1. The molecule has 10 nitrogen and oxygen atoms in total. The van der Waals surface area contributed by atoms with Gasteiger partial charge in [0.1, 0.15) is 17.2 Å². The van der Waals surface area contributed by atoms with Crippen LogP contribution >= 0.6 is 0 Å². The third-order valence-corrected chi connectivity index (χ3v) is 5.79. The van der Waals surface area contributed by atoms with Crippen LogP contribution < -0.4 is 15.8 Å². The second kappa shape index (κ2) is 9.16. The monoisotopic (exact) mass is 476 g/mol. The van der Waals surface area contributed by atoms with Crippen LogP contribution in [0.15, 0.2) is 60.0 Å². The van der Waals surface area contributed by atoms with E-state index in [0.29, 0.717) is 10.4 Å². The molecule has 0 unspecified atom stereocenters. The number of carbonyl (C=O) groups excluding carboxylic acids is 2. The molecule has 1 aromatic heterocycles. The molecule has 4 N–H and O–H groups in total. The van der Waals surface area contributed by atoms with E-state index >= 15 is 0 Å². The van der Waals surface area contributed by atoms with Crippen molar-refractivity contribution in [1.29, 1.82) is 0 Å². The largest absolute Gasteiger partial charge is 0.368 e. The van der Waals surface area contributed by atoms with E-state index in [1.165, 1.54) is 37.3 Å². The number of amides is 1. The Bertz CT molecular complexity index is 1320. The van der Waals surface area contributed by atoms with E-state index in [9.17, 15) is 26.8 Å². The molecule has 1 amide bonds. The molecule has 0 aliphatic carbocycles. The van der Waals surface area contributed by atoms with E-state index in [4.69, 9.17) is 5.73 Å². The maximum atomic E-state index is 13.9. The molecular weight excluding hydrogens is 458 g/mol. The topological polar surface area (TPSA) is 149 Å². The van der Waals surface area contributed by atoms with Crippen LogP contribution in [0.5, 0.6) is 0 Å². The third-order valence-electron chi connectivity index (χ3n) is 4.42. The number of aromatic nitrogens is 3. The standard InChI is InChI=1S/C20H18F2N6O4S/c1-3-11(2)17(29)27-33(31,32)13-9-7-12(8-10-13)24-20-25-19(23)28(26-20)18(30)16-14(21)5-4-6-15(16)22/h3-11H,1H2,2H3,(H,27,29)(H3,23,24,25,26)/t11-/m0/s1. The van der Waals surface area contributed by atoms with Crippen molar-refractivity contribution in [2.75, 3.05) is 11.1 Å². The van der Waals surface area contributed by atoms with Gasteiger partial charge in [-0.25, -0.2) is 21.9 Å². The first-order valence-electron chi connectivity index (χ1n) is 9.31. The maximum absolute atomic E-state index is 13.9. The predicted molar refractivity (Wildman–Crippen MR) is 115 cm³/mol. The van der Waals surface area contributed by atoms with Crippen LogP contribution in [-0.4, -0.2) is 35.0 Å². The Balaban J connectivity index is 1.78.